The van der Waals surface area contributed by atoms with E-state index in [0.717, 1.165) is 0 Å². The third-order valence-corrected chi connectivity index (χ3v) is 4.76. The Balaban J connectivity index is 2.04. The van der Waals surface area contributed by atoms with Crippen molar-refractivity contribution < 1.29 is 27.8 Å². The van der Waals surface area contributed by atoms with Gasteiger partial charge in [0.1, 0.15) is 17.3 Å². The number of fused-ring (bicyclic) bond motifs is 1. The second-order valence-electron chi connectivity index (χ2n) is 5.51. The van der Waals surface area contributed by atoms with E-state index in [1.807, 2.05) is 0 Å². The van der Waals surface area contributed by atoms with E-state index in [2.05, 4.69) is 26.3 Å². The first-order valence-electron chi connectivity index (χ1n) is 7.19. The minimum Gasteiger partial charge on any atom is -0.543 e. The number of benzene rings is 1. The number of alkyl halides is 3. The number of aromatic nitrogens is 2. The highest BCUT2D eigenvalue weighted by Crippen LogP contribution is 2.46. The van der Waals surface area contributed by atoms with Crippen LogP contribution in [0.3, 0.4) is 0 Å². The van der Waals surface area contributed by atoms with E-state index in [1.54, 1.807) is 24.3 Å². The van der Waals surface area contributed by atoms with Gasteiger partial charge in [0.25, 0.3) is 0 Å². The maximum atomic E-state index is 13.5. The van der Waals surface area contributed by atoms with E-state index in [-0.39, 0.29) is 16.7 Å². The number of methoxy groups -OCH3 is 1. The van der Waals surface area contributed by atoms with Crippen LogP contribution in [0.5, 0.6) is 5.75 Å². The molecule has 1 aliphatic heterocycles. The first kappa shape index (κ1) is 17.6. The van der Waals surface area contributed by atoms with Crippen molar-refractivity contribution in [2.24, 2.45) is 0 Å². The molecule has 10 heteroatoms. The molecule has 0 amide bonds. The van der Waals surface area contributed by atoms with Crippen LogP contribution in [0, 0.1) is 0 Å². The molecular formula is C15H12BrF3N3O3-. The highest BCUT2D eigenvalue weighted by atomic mass is 79.9. The van der Waals surface area contributed by atoms with Gasteiger partial charge in [-0.1, -0.05) is 12.1 Å². The molecule has 0 saturated heterocycles. The fourth-order valence-electron chi connectivity index (χ4n) is 2.77. The molecule has 1 aromatic carbocycles. The van der Waals surface area contributed by atoms with E-state index in [1.165, 1.54) is 7.11 Å². The summed E-state index contributed by atoms with van der Waals surface area (Å²) in [5.74, 6) is -1.12. The Kier molecular flexibility index (Phi) is 4.40. The van der Waals surface area contributed by atoms with Crippen LogP contribution in [0.4, 0.5) is 19.0 Å². The number of anilines is 1. The van der Waals surface area contributed by atoms with Crippen LogP contribution in [0.1, 0.15) is 34.6 Å². The maximum absolute atomic E-state index is 13.5. The zero-order valence-electron chi connectivity index (χ0n) is 12.8. The van der Waals surface area contributed by atoms with Gasteiger partial charge in [0, 0.05) is 6.42 Å². The molecule has 0 fully saturated rings. The topological polar surface area (TPSA) is 79.2 Å². The number of ether oxygens (including phenoxy) is 1. The number of carbonyl (C=O) groups excluding carboxylic acids is 1. The molecular weight excluding hydrogens is 407 g/mol. The highest BCUT2D eigenvalue weighted by molar-refractivity contribution is 9.10. The Labute approximate surface area is 148 Å². The molecule has 3 rings (SSSR count). The average Bonchev–Trinajstić information content (AvgIpc) is 2.90. The lowest BCUT2D eigenvalue weighted by Gasteiger charge is -2.33. The fourth-order valence-corrected chi connectivity index (χ4v) is 3.31. The molecule has 2 aromatic rings. The van der Waals surface area contributed by atoms with Gasteiger partial charge >= 0.3 is 6.18 Å². The van der Waals surface area contributed by atoms with E-state index in [4.69, 9.17) is 4.74 Å². The molecule has 1 aromatic heterocycles. The molecule has 25 heavy (non-hydrogen) atoms. The van der Waals surface area contributed by atoms with Crippen molar-refractivity contribution in [1.82, 2.24) is 9.78 Å². The van der Waals surface area contributed by atoms with Crippen molar-refractivity contribution in [3.05, 3.63) is 40.0 Å². The van der Waals surface area contributed by atoms with Crippen molar-refractivity contribution >= 4 is 27.7 Å². The summed E-state index contributed by atoms with van der Waals surface area (Å²) >= 11 is 3.00. The molecule has 2 heterocycles. The van der Waals surface area contributed by atoms with Gasteiger partial charge < -0.3 is 20.0 Å². The van der Waals surface area contributed by atoms with Gasteiger partial charge in [0.15, 0.2) is 6.04 Å². The average molecular weight is 419 g/mol. The van der Waals surface area contributed by atoms with Gasteiger partial charge in [-0.2, -0.15) is 18.3 Å². The van der Waals surface area contributed by atoms with Gasteiger partial charge in [0.2, 0.25) is 0 Å². The minimum atomic E-state index is -4.59. The van der Waals surface area contributed by atoms with Crippen LogP contribution >= 0.6 is 15.9 Å². The SMILES string of the molecule is COc1ccc([C@H]2C[C@H](C(F)(F)F)n3nc(C(=O)[O-])c(Br)c3N2)cc1. The summed E-state index contributed by atoms with van der Waals surface area (Å²) in [4.78, 5) is 11.1. The molecule has 0 bridgehead atoms. The molecule has 1 aliphatic rings. The number of carbonyl (C=O) groups is 1. The van der Waals surface area contributed by atoms with Gasteiger partial charge in [-0.25, -0.2) is 4.68 Å². The van der Waals surface area contributed by atoms with Crippen LogP contribution < -0.4 is 15.2 Å². The lowest BCUT2D eigenvalue weighted by atomic mass is 9.97. The number of carboxylic acid groups (broad SMARTS) is 1. The predicted molar refractivity (Wildman–Crippen MR) is 83.3 cm³/mol. The van der Waals surface area contributed by atoms with E-state index in [9.17, 15) is 23.1 Å². The Bertz CT molecular complexity index is 805. The third-order valence-electron chi connectivity index (χ3n) is 4.01. The first-order chi connectivity index (χ1) is 11.7. The summed E-state index contributed by atoms with van der Waals surface area (Å²) in [5, 5.41) is 17.6. The molecule has 1 N–H and O–H groups in total. The molecule has 6 nitrogen and oxygen atoms in total. The van der Waals surface area contributed by atoms with Crippen LogP contribution in [0.2, 0.25) is 0 Å². The lowest BCUT2D eigenvalue weighted by molar-refractivity contribution is -0.255. The highest BCUT2D eigenvalue weighted by Gasteiger charge is 2.47. The molecule has 134 valence electrons. The van der Waals surface area contributed by atoms with Crippen molar-refractivity contribution in [3.8, 4) is 5.75 Å². The number of aromatic carboxylic acids is 1. The van der Waals surface area contributed by atoms with E-state index < -0.39 is 29.9 Å². The molecule has 0 radical (unpaired) electrons. The lowest BCUT2D eigenvalue weighted by Crippen LogP contribution is -2.36. The Morgan fingerprint density at radius 2 is 2.04 bits per heavy atom. The van der Waals surface area contributed by atoms with Crippen molar-refractivity contribution in [3.63, 3.8) is 0 Å². The van der Waals surface area contributed by atoms with Crippen LogP contribution in [-0.4, -0.2) is 29.0 Å². The first-order valence-corrected chi connectivity index (χ1v) is 7.98. The fraction of sp³-hybridized carbons (Fsp3) is 0.333. The maximum Gasteiger partial charge on any atom is 0.410 e. The number of halogens is 4. The monoisotopic (exact) mass is 418 g/mol. The van der Waals surface area contributed by atoms with Gasteiger partial charge in [-0.05, 0) is 33.6 Å². The largest absolute Gasteiger partial charge is 0.543 e. The summed E-state index contributed by atoms with van der Waals surface area (Å²) in [7, 11) is 1.49. The van der Waals surface area contributed by atoms with E-state index >= 15 is 0 Å². The number of rotatable bonds is 3. The quantitative estimate of drug-likeness (QED) is 0.828. The summed E-state index contributed by atoms with van der Waals surface area (Å²) in [5.41, 5.74) is 0.0385. The van der Waals surface area contributed by atoms with Crippen LogP contribution in [0.25, 0.3) is 0 Å². The summed E-state index contributed by atoms with van der Waals surface area (Å²) in [6.45, 7) is 0. The standard InChI is InChI=1S/C15H13BrF3N3O3/c1-25-8-4-2-7(3-5-8)9-6-10(15(17,18)19)22-13(20-9)11(16)12(21-22)14(23)24/h2-5,9-10,20H,6H2,1H3,(H,23,24)/p-1/t9-,10-/m1/s1. The molecule has 2 atom stereocenters. The Morgan fingerprint density at radius 3 is 2.56 bits per heavy atom. The molecule has 0 unspecified atom stereocenters. The Morgan fingerprint density at radius 1 is 1.40 bits per heavy atom. The smallest absolute Gasteiger partial charge is 0.410 e. The zero-order chi connectivity index (χ0) is 18.4. The second kappa shape index (κ2) is 6.25. The number of nitrogens with one attached hydrogen (secondary N) is 1. The number of carboxylic acids is 1. The van der Waals surface area contributed by atoms with Crippen molar-refractivity contribution in [1.29, 1.82) is 0 Å². The van der Waals surface area contributed by atoms with Gasteiger partial charge in [-0.3, -0.25) is 0 Å². The minimum absolute atomic E-state index is 0.0476. The van der Waals surface area contributed by atoms with Crippen LogP contribution in [-0.2, 0) is 0 Å². The summed E-state index contributed by atoms with van der Waals surface area (Å²) < 4.78 is 46.1. The van der Waals surface area contributed by atoms with Crippen LogP contribution in [0.15, 0.2) is 28.7 Å². The van der Waals surface area contributed by atoms with Gasteiger partial charge in [-0.15, -0.1) is 0 Å². The Hall–Kier alpha value is -2.23. The van der Waals surface area contributed by atoms with Gasteiger partial charge in [0.05, 0.1) is 23.6 Å². The number of hydrogen-bond acceptors (Lipinski definition) is 5. The number of nitrogens with zero attached hydrogens (tertiary/aromatic N) is 2. The summed E-state index contributed by atoms with van der Waals surface area (Å²) in [6.07, 6.45) is -4.92. The third kappa shape index (κ3) is 3.17. The predicted octanol–water partition coefficient (Wildman–Crippen LogP) is 2.68. The number of hydrogen-bond donors (Lipinski definition) is 1. The van der Waals surface area contributed by atoms with Crippen molar-refractivity contribution in [2.75, 3.05) is 12.4 Å². The second-order valence-corrected chi connectivity index (χ2v) is 6.30. The normalized spacial score (nSPS) is 19.9. The zero-order valence-corrected chi connectivity index (χ0v) is 14.4. The summed E-state index contributed by atoms with van der Waals surface area (Å²) in [6, 6.07) is 3.97. The van der Waals surface area contributed by atoms with E-state index in [0.29, 0.717) is 16.0 Å². The molecule has 0 spiro atoms. The van der Waals surface area contributed by atoms with Crippen molar-refractivity contribution in [2.45, 2.75) is 24.7 Å². The molecule has 0 saturated carbocycles. The molecule has 0 aliphatic carbocycles.